The Morgan fingerprint density at radius 1 is 1.15 bits per heavy atom. The van der Waals surface area contributed by atoms with Crippen LogP contribution in [0.1, 0.15) is 0 Å². The number of nitrogens with one attached hydrogen (secondary N) is 1. The van der Waals surface area contributed by atoms with E-state index in [1.54, 1.807) is 24.4 Å². The van der Waals surface area contributed by atoms with Gasteiger partial charge in [0.1, 0.15) is 0 Å². The summed E-state index contributed by atoms with van der Waals surface area (Å²) in [6.45, 7) is 0. The highest BCUT2D eigenvalue weighted by Gasteiger charge is 2.17. The number of H-pyrrole nitrogens is 1. The Balaban J connectivity index is 2.19. The Bertz CT molecular complexity index is 806. The molecule has 3 rings (SSSR count). The normalized spacial score (nSPS) is 10.7. The monoisotopic (exact) mass is 287 g/mol. The Kier molecular flexibility index (Phi) is 3.04. The smallest absolute Gasteiger partial charge is 0.248 e. The maximum Gasteiger partial charge on any atom is 0.248 e. The number of hydrogen-bond donors (Lipinski definition) is 2. The van der Waals surface area contributed by atoms with Crippen LogP contribution in [0.15, 0.2) is 51.9 Å². The van der Waals surface area contributed by atoms with Crippen LogP contribution in [0.4, 0.5) is 5.82 Å². The van der Waals surface area contributed by atoms with Crippen molar-refractivity contribution in [2.75, 3.05) is 5.73 Å². The third-order valence-electron chi connectivity index (χ3n) is 2.89. The fourth-order valence-electron chi connectivity index (χ4n) is 1.98. The van der Waals surface area contributed by atoms with Crippen molar-refractivity contribution in [1.29, 1.82) is 0 Å². The summed E-state index contributed by atoms with van der Waals surface area (Å²) in [4.78, 5) is 13.9. The highest BCUT2D eigenvalue weighted by atomic mass is 35.5. The van der Waals surface area contributed by atoms with Crippen molar-refractivity contribution in [1.82, 2.24) is 10.1 Å². The molecule has 0 aliphatic rings. The number of benzene rings is 1. The average molecular weight is 288 g/mol. The minimum atomic E-state index is -0.223. The summed E-state index contributed by atoms with van der Waals surface area (Å²) < 4.78 is 5.26. The van der Waals surface area contributed by atoms with E-state index in [9.17, 15) is 4.79 Å². The van der Waals surface area contributed by atoms with Crippen LogP contribution in [0.5, 0.6) is 0 Å². The fraction of sp³-hybridized carbons (Fsp3) is 0. The molecule has 5 nitrogen and oxygen atoms in total. The van der Waals surface area contributed by atoms with Crippen LogP contribution in [0.2, 0.25) is 5.02 Å². The first kappa shape index (κ1) is 12.5. The molecule has 0 aliphatic heterocycles. The van der Waals surface area contributed by atoms with Gasteiger partial charge >= 0.3 is 0 Å². The number of aromatic amines is 1. The van der Waals surface area contributed by atoms with Crippen LogP contribution in [0, 0.1) is 0 Å². The predicted molar refractivity (Wildman–Crippen MR) is 77.4 cm³/mol. The molecule has 0 amide bonds. The Morgan fingerprint density at radius 3 is 2.60 bits per heavy atom. The zero-order valence-corrected chi connectivity index (χ0v) is 11.0. The number of aromatic nitrogens is 2. The van der Waals surface area contributed by atoms with Gasteiger partial charge in [-0.3, -0.25) is 4.79 Å². The Morgan fingerprint density at radius 2 is 1.90 bits per heavy atom. The van der Waals surface area contributed by atoms with Crippen LogP contribution in [0.25, 0.3) is 22.5 Å². The number of nitrogens with two attached hydrogens (primary N) is 1. The molecule has 3 aromatic rings. The lowest BCUT2D eigenvalue weighted by Gasteiger charge is -2.02. The molecule has 3 N–H and O–H groups in total. The van der Waals surface area contributed by atoms with E-state index in [1.807, 2.05) is 12.1 Å². The van der Waals surface area contributed by atoms with E-state index in [1.165, 1.54) is 6.07 Å². The van der Waals surface area contributed by atoms with E-state index in [0.717, 1.165) is 5.56 Å². The van der Waals surface area contributed by atoms with Gasteiger partial charge in [0.05, 0.1) is 5.56 Å². The summed E-state index contributed by atoms with van der Waals surface area (Å²) in [5.41, 5.74) is 7.72. The van der Waals surface area contributed by atoms with E-state index >= 15 is 0 Å². The van der Waals surface area contributed by atoms with Crippen molar-refractivity contribution in [3.8, 4) is 22.5 Å². The zero-order valence-electron chi connectivity index (χ0n) is 10.3. The topological polar surface area (TPSA) is 84.9 Å². The number of halogens is 1. The molecule has 0 radical (unpaired) electrons. The largest absolute Gasteiger partial charge is 0.380 e. The van der Waals surface area contributed by atoms with Crippen molar-refractivity contribution in [2.45, 2.75) is 0 Å². The molecular weight excluding hydrogens is 278 g/mol. The van der Waals surface area contributed by atoms with Gasteiger partial charge in [-0.05, 0) is 23.8 Å². The lowest BCUT2D eigenvalue weighted by Crippen LogP contribution is -2.02. The van der Waals surface area contributed by atoms with Gasteiger partial charge in [0.15, 0.2) is 11.6 Å². The number of rotatable bonds is 2. The fourth-order valence-corrected chi connectivity index (χ4v) is 2.11. The van der Waals surface area contributed by atoms with Gasteiger partial charge < -0.3 is 15.2 Å². The van der Waals surface area contributed by atoms with Crippen LogP contribution in [-0.4, -0.2) is 10.1 Å². The summed E-state index contributed by atoms with van der Waals surface area (Å²) in [7, 11) is 0. The lowest BCUT2D eigenvalue weighted by molar-refractivity contribution is 0.436. The summed E-state index contributed by atoms with van der Waals surface area (Å²) in [5, 5.41) is 4.41. The first-order chi connectivity index (χ1) is 9.65. The SMILES string of the molecule is Nc1noc(-c2cc[nH]c(=O)c2)c1-c1ccc(Cl)cc1. The maximum atomic E-state index is 11.4. The molecule has 0 saturated heterocycles. The van der Waals surface area contributed by atoms with Gasteiger partial charge in [-0.15, -0.1) is 0 Å². The van der Waals surface area contributed by atoms with Crippen LogP contribution >= 0.6 is 11.6 Å². The average Bonchev–Trinajstić information content (AvgIpc) is 2.82. The number of nitrogens with zero attached hydrogens (tertiary/aromatic N) is 1. The third kappa shape index (κ3) is 2.19. The molecule has 0 fully saturated rings. The van der Waals surface area contributed by atoms with Crippen molar-refractivity contribution < 1.29 is 4.52 Å². The maximum absolute atomic E-state index is 11.4. The number of anilines is 1. The molecule has 0 saturated carbocycles. The quantitative estimate of drug-likeness (QED) is 0.759. The van der Waals surface area contributed by atoms with Crippen molar-refractivity contribution in [2.24, 2.45) is 0 Å². The van der Waals surface area contributed by atoms with Crippen molar-refractivity contribution in [3.63, 3.8) is 0 Å². The minimum Gasteiger partial charge on any atom is -0.380 e. The van der Waals surface area contributed by atoms with Crippen molar-refractivity contribution >= 4 is 17.4 Å². The van der Waals surface area contributed by atoms with Gasteiger partial charge in [0.25, 0.3) is 0 Å². The molecule has 1 aromatic carbocycles. The molecule has 0 unspecified atom stereocenters. The lowest BCUT2D eigenvalue weighted by atomic mass is 10.0. The van der Waals surface area contributed by atoms with Gasteiger partial charge in [0, 0.05) is 22.8 Å². The highest BCUT2D eigenvalue weighted by Crippen LogP contribution is 2.36. The first-order valence-electron chi connectivity index (χ1n) is 5.85. The number of pyridine rings is 1. The van der Waals surface area contributed by atoms with E-state index in [2.05, 4.69) is 10.1 Å². The first-order valence-corrected chi connectivity index (χ1v) is 6.23. The molecule has 2 heterocycles. The molecule has 0 bridgehead atoms. The second kappa shape index (κ2) is 4.86. The van der Waals surface area contributed by atoms with Crippen molar-refractivity contribution in [3.05, 3.63) is 58.0 Å². The number of hydrogen-bond acceptors (Lipinski definition) is 4. The van der Waals surface area contributed by atoms with E-state index in [0.29, 0.717) is 21.9 Å². The summed E-state index contributed by atoms with van der Waals surface area (Å²) in [6, 6.07) is 10.3. The molecule has 0 atom stereocenters. The second-order valence-corrected chi connectivity index (χ2v) is 4.66. The minimum absolute atomic E-state index is 0.223. The van der Waals surface area contributed by atoms with Crippen LogP contribution < -0.4 is 11.3 Å². The number of nitrogen functional groups attached to an aromatic ring is 1. The van der Waals surface area contributed by atoms with E-state index < -0.39 is 0 Å². The van der Waals surface area contributed by atoms with Gasteiger partial charge in [-0.2, -0.15) is 0 Å². The molecule has 100 valence electrons. The molecule has 0 aliphatic carbocycles. The standard InChI is InChI=1S/C14H10ClN3O2/c15-10-3-1-8(2-4-10)12-13(20-18-14(12)16)9-5-6-17-11(19)7-9/h1-7H,(H2,16,18)(H,17,19). The van der Waals surface area contributed by atoms with Gasteiger partial charge in [-0.25, -0.2) is 0 Å². The molecular formula is C14H10ClN3O2. The second-order valence-electron chi connectivity index (χ2n) is 4.22. The van der Waals surface area contributed by atoms with Crippen LogP contribution in [0.3, 0.4) is 0 Å². The molecule has 6 heteroatoms. The summed E-state index contributed by atoms with van der Waals surface area (Å²) >= 11 is 5.87. The van der Waals surface area contributed by atoms with Gasteiger partial charge in [0.2, 0.25) is 5.56 Å². The summed E-state index contributed by atoms with van der Waals surface area (Å²) in [6.07, 6.45) is 1.54. The predicted octanol–water partition coefficient (Wildman–Crippen LogP) is 2.93. The Labute approximate surface area is 119 Å². The van der Waals surface area contributed by atoms with Crippen LogP contribution in [-0.2, 0) is 0 Å². The van der Waals surface area contributed by atoms with E-state index in [-0.39, 0.29) is 11.4 Å². The molecule has 20 heavy (non-hydrogen) atoms. The zero-order chi connectivity index (χ0) is 14.1. The highest BCUT2D eigenvalue weighted by molar-refractivity contribution is 6.30. The van der Waals surface area contributed by atoms with Gasteiger partial charge in [-0.1, -0.05) is 28.9 Å². The summed E-state index contributed by atoms with van der Waals surface area (Å²) in [5.74, 6) is 0.721. The Hall–Kier alpha value is -2.53. The molecule has 2 aromatic heterocycles. The third-order valence-corrected chi connectivity index (χ3v) is 3.14. The molecule has 0 spiro atoms. The van der Waals surface area contributed by atoms with E-state index in [4.69, 9.17) is 21.9 Å².